The number of hydrogen-bond donors (Lipinski definition) is 1. The van der Waals surface area contributed by atoms with Gasteiger partial charge >= 0.3 is 12.1 Å². The summed E-state index contributed by atoms with van der Waals surface area (Å²) in [4.78, 5) is 26.3. The molecule has 1 heterocycles. The van der Waals surface area contributed by atoms with Gasteiger partial charge in [-0.2, -0.15) is 0 Å². The van der Waals surface area contributed by atoms with Crippen molar-refractivity contribution in [2.24, 2.45) is 0 Å². The van der Waals surface area contributed by atoms with Gasteiger partial charge in [0.25, 0.3) is 0 Å². The lowest BCUT2D eigenvalue weighted by molar-refractivity contribution is -0.141. The van der Waals surface area contributed by atoms with E-state index in [1.807, 2.05) is 30.3 Å². The van der Waals surface area contributed by atoms with Gasteiger partial charge in [0.2, 0.25) is 0 Å². The molecule has 1 aliphatic heterocycles. The third-order valence-corrected chi connectivity index (χ3v) is 74.1. The third kappa shape index (κ3) is 5.46. The molecule has 0 bridgehead atoms. The van der Waals surface area contributed by atoms with Crippen LogP contribution in [0.4, 0.5) is 4.79 Å². The standard InChI is InChI=1S/C22H41NO5Si4/c1-29(2,3)32(30(4,5)6,31(7,8)9)28-19-15-20(21(24)25)23(16-19)22(26)27-17-18-13-11-10-12-14-18/h10-14,19-20H,15-17H2,1-9H3,(H,24,25)/t19-,20+/m1/s1. The fraction of sp³-hybridized carbons (Fsp3) is 0.636. The molecule has 0 unspecified atom stereocenters. The van der Waals surface area contributed by atoms with Crippen LogP contribution in [-0.2, 0) is 20.6 Å². The maximum absolute atomic E-state index is 12.9. The van der Waals surface area contributed by atoms with Crippen molar-refractivity contribution in [3.63, 3.8) is 0 Å². The molecule has 0 aromatic heterocycles. The summed E-state index contributed by atoms with van der Waals surface area (Å²) in [6.45, 7) is 20.2. The molecule has 1 amide bonds. The average molecular weight is 512 g/mol. The van der Waals surface area contributed by atoms with Crippen molar-refractivity contribution < 1.29 is 23.9 Å². The Hall–Kier alpha value is -1.21. The molecule has 1 aromatic rings. The van der Waals surface area contributed by atoms with Gasteiger partial charge in [0.1, 0.15) is 12.6 Å². The highest BCUT2D eigenvalue weighted by Crippen LogP contribution is 2.40. The minimum absolute atomic E-state index is 0.130. The molecule has 1 saturated heterocycles. The van der Waals surface area contributed by atoms with Gasteiger partial charge in [0.15, 0.2) is 6.87 Å². The molecule has 1 aliphatic rings. The molecule has 1 N–H and O–H groups in total. The van der Waals surface area contributed by atoms with Gasteiger partial charge < -0.3 is 14.3 Å². The smallest absolute Gasteiger partial charge is 0.410 e. The van der Waals surface area contributed by atoms with Crippen molar-refractivity contribution in [1.29, 1.82) is 0 Å². The number of carboxylic acids is 1. The Labute approximate surface area is 196 Å². The van der Waals surface area contributed by atoms with Crippen LogP contribution in [0.2, 0.25) is 58.9 Å². The minimum Gasteiger partial charge on any atom is -0.480 e. The molecule has 0 spiro atoms. The van der Waals surface area contributed by atoms with E-state index in [-0.39, 0.29) is 12.7 Å². The van der Waals surface area contributed by atoms with Crippen LogP contribution in [0.1, 0.15) is 12.0 Å². The van der Waals surface area contributed by atoms with Gasteiger partial charge in [-0.3, -0.25) is 4.90 Å². The van der Waals surface area contributed by atoms with Gasteiger partial charge in [-0.1, -0.05) is 89.3 Å². The van der Waals surface area contributed by atoms with E-state index in [1.54, 1.807) is 0 Å². The molecule has 0 aliphatic carbocycles. The number of aliphatic carboxylic acids is 1. The lowest BCUT2D eigenvalue weighted by Crippen LogP contribution is -2.85. The van der Waals surface area contributed by atoms with Crippen molar-refractivity contribution in [3.05, 3.63) is 35.9 Å². The lowest BCUT2D eigenvalue weighted by Gasteiger charge is -2.57. The van der Waals surface area contributed by atoms with E-state index in [0.717, 1.165) is 5.56 Å². The summed E-state index contributed by atoms with van der Waals surface area (Å²) in [7, 11) is -5.02. The van der Waals surface area contributed by atoms with Gasteiger partial charge in [-0.15, -0.1) is 0 Å². The predicted molar refractivity (Wildman–Crippen MR) is 140 cm³/mol. The number of nitrogens with zero attached hydrogens (tertiary/aromatic N) is 1. The van der Waals surface area contributed by atoms with Crippen LogP contribution >= 0.6 is 0 Å². The number of rotatable bonds is 8. The van der Waals surface area contributed by atoms with Crippen LogP contribution in [-0.4, -0.2) is 70.4 Å². The first-order valence-corrected chi connectivity index (χ1v) is 26.8. The summed E-state index contributed by atoms with van der Waals surface area (Å²) >= 11 is 0. The molecule has 0 saturated carbocycles. The van der Waals surface area contributed by atoms with E-state index in [0.29, 0.717) is 13.0 Å². The zero-order chi connectivity index (χ0) is 24.5. The van der Waals surface area contributed by atoms with E-state index in [9.17, 15) is 14.7 Å². The van der Waals surface area contributed by atoms with Crippen LogP contribution in [0.25, 0.3) is 0 Å². The van der Waals surface area contributed by atoms with Crippen LogP contribution in [0.5, 0.6) is 0 Å². The first kappa shape index (κ1) is 27.0. The Kier molecular flexibility index (Phi) is 8.09. The van der Waals surface area contributed by atoms with Gasteiger partial charge in [0, 0.05) is 13.0 Å². The van der Waals surface area contributed by atoms with E-state index >= 15 is 0 Å². The largest absolute Gasteiger partial charge is 0.480 e. The summed E-state index contributed by atoms with van der Waals surface area (Å²) in [5.74, 6) is -0.992. The Bertz CT molecular complexity index is 778. The first-order valence-electron chi connectivity index (χ1n) is 11.4. The number of carbonyl (C=O) groups excluding carboxylic acids is 1. The number of hydrogen-bond acceptors (Lipinski definition) is 4. The lowest BCUT2D eigenvalue weighted by atomic mass is 10.2. The van der Waals surface area contributed by atoms with Crippen molar-refractivity contribution >= 4 is 41.7 Å². The van der Waals surface area contributed by atoms with Gasteiger partial charge in [-0.05, 0) is 5.56 Å². The summed E-state index contributed by atoms with van der Waals surface area (Å²) in [6.07, 6.45) is -0.477. The molecule has 1 aromatic carbocycles. The molecule has 2 rings (SSSR count). The molecule has 6 nitrogen and oxygen atoms in total. The maximum Gasteiger partial charge on any atom is 0.410 e. The molecule has 2 atom stereocenters. The Morgan fingerprint density at radius 1 is 0.938 bits per heavy atom. The summed E-state index contributed by atoms with van der Waals surface area (Å²) in [5, 5.41) is 9.85. The highest BCUT2D eigenvalue weighted by molar-refractivity contribution is 7.87. The number of carboxylic acid groups (broad SMARTS) is 1. The molecule has 180 valence electrons. The Balaban J connectivity index is 2.28. The Morgan fingerprint density at radius 2 is 1.44 bits per heavy atom. The summed E-state index contributed by atoms with van der Waals surface area (Å²) in [6, 6.07) is 8.54. The van der Waals surface area contributed by atoms with E-state index in [1.165, 1.54) is 4.90 Å². The van der Waals surface area contributed by atoms with Crippen molar-refractivity contribution in [3.8, 4) is 0 Å². The Morgan fingerprint density at radius 3 is 1.88 bits per heavy atom. The van der Waals surface area contributed by atoms with E-state index in [2.05, 4.69) is 58.9 Å². The summed E-state index contributed by atoms with van der Waals surface area (Å²) < 4.78 is 12.7. The number of benzene rings is 1. The van der Waals surface area contributed by atoms with Crippen LogP contribution in [0.3, 0.4) is 0 Å². The number of amides is 1. The highest BCUT2D eigenvalue weighted by atomic mass is 29.9. The van der Waals surface area contributed by atoms with Crippen molar-refractivity contribution in [1.82, 2.24) is 4.90 Å². The molecule has 0 radical (unpaired) electrons. The highest BCUT2D eigenvalue weighted by Gasteiger charge is 2.65. The number of likely N-dealkylation sites (tertiary alicyclic amines) is 1. The second kappa shape index (κ2) is 9.57. The molecule has 32 heavy (non-hydrogen) atoms. The van der Waals surface area contributed by atoms with Crippen molar-refractivity contribution in [2.45, 2.75) is 84.1 Å². The first-order chi connectivity index (χ1) is 14.5. The van der Waals surface area contributed by atoms with Crippen LogP contribution < -0.4 is 0 Å². The fourth-order valence-electron chi connectivity index (χ4n) is 6.28. The zero-order valence-electron chi connectivity index (χ0n) is 21.2. The van der Waals surface area contributed by atoms with Crippen LogP contribution in [0.15, 0.2) is 30.3 Å². The molecule has 10 heteroatoms. The third-order valence-electron chi connectivity index (χ3n) is 6.50. The average Bonchev–Trinajstić information content (AvgIpc) is 3.06. The molecule has 1 fully saturated rings. The second-order valence-electron chi connectivity index (χ2n) is 12.0. The molecular weight excluding hydrogens is 471 g/mol. The quantitative estimate of drug-likeness (QED) is 0.494. The number of ether oxygens (including phenoxy) is 1. The van der Waals surface area contributed by atoms with E-state index in [4.69, 9.17) is 9.16 Å². The second-order valence-corrected chi connectivity index (χ2v) is 51.4. The number of carbonyl (C=O) groups is 2. The minimum atomic E-state index is -2.12. The maximum atomic E-state index is 12.9. The van der Waals surface area contributed by atoms with Gasteiger partial charge in [-0.25, -0.2) is 9.59 Å². The zero-order valence-corrected chi connectivity index (χ0v) is 25.2. The molecular formula is C22H41NO5Si4. The van der Waals surface area contributed by atoms with Gasteiger partial charge in [0.05, 0.1) is 28.9 Å². The topological polar surface area (TPSA) is 76.1 Å². The monoisotopic (exact) mass is 511 g/mol. The van der Waals surface area contributed by atoms with E-state index < -0.39 is 47.7 Å². The van der Waals surface area contributed by atoms with Crippen LogP contribution in [0, 0.1) is 0 Å². The normalized spacial score (nSPS) is 20.3. The fourth-order valence-corrected chi connectivity index (χ4v) is 100. The van der Waals surface area contributed by atoms with Crippen molar-refractivity contribution in [2.75, 3.05) is 6.54 Å². The summed E-state index contributed by atoms with van der Waals surface area (Å²) in [5.41, 5.74) is 0.877. The SMILES string of the molecule is C[Si](C)(C)[Si](O[C@@H]1C[C@@H](C(=O)O)N(C(=O)OCc2ccccc2)C1)([Si](C)(C)C)[Si](C)(C)C. The predicted octanol–water partition coefficient (Wildman–Crippen LogP) is 5.06.